The summed E-state index contributed by atoms with van der Waals surface area (Å²) < 4.78 is 7.04. The number of aromatic nitrogens is 4. The third kappa shape index (κ3) is 2.41. The van der Waals surface area contributed by atoms with Gasteiger partial charge in [-0.3, -0.25) is 4.57 Å². The van der Waals surface area contributed by atoms with E-state index in [1.807, 2.05) is 6.92 Å². The van der Waals surface area contributed by atoms with Gasteiger partial charge in [0.1, 0.15) is 24.6 Å². The average Bonchev–Trinajstić information content (AvgIpc) is 3.08. The highest BCUT2D eigenvalue weighted by Crippen LogP contribution is 2.31. The van der Waals surface area contributed by atoms with Crippen LogP contribution in [0.3, 0.4) is 0 Å². The number of anilines is 1. The molecule has 120 valence electrons. The van der Waals surface area contributed by atoms with E-state index in [0.717, 1.165) is 13.0 Å². The minimum absolute atomic E-state index is 0.375. The third-order valence-electron chi connectivity index (χ3n) is 3.69. The molecule has 2 aromatic heterocycles. The van der Waals surface area contributed by atoms with Crippen molar-refractivity contribution in [3.8, 4) is 0 Å². The summed E-state index contributed by atoms with van der Waals surface area (Å²) in [4.78, 5) is 12.6. The molecule has 9 nitrogen and oxygen atoms in total. The highest BCUT2D eigenvalue weighted by Gasteiger charge is 2.43. The lowest BCUT2D eigenvalue weighted by molar-refractivity contribution is -0.0511. The normalized spacial score (nSPS) is 28.4. The van der Waals surface area contributed by atoms with Crippen molar-refractivity contribution in [2.24, 2.45) is 0 Å². The van der Waals surface area contributed by atoms with Crippen LogP contribution in [0, 0.1) is 0 Å². The van der Waals surface area contributed by atoms with Crippen molar-refractivity contribution < 1.29 is 20.1 Å². The van der Waals surface area contributed by atoms with Crippen LogP contribution >= 0.6 is 0 Å². The van der Waals surface area contributed by atoms with E-state index in [1.54, 1.807) is 0 Å². The molecule has 0 amide bonds. The maximum absolute atomic E-state index is 10.1. The molecule has 1 aliphatic rings. The first kappa shape index (κ1) is 15.1. The molecule has 2 aromatic rings. The van der Waals surface area contributed by atoms with Crippen molar-refractivity contribution in [3.05, 3.63) is 12.7 Å². The minimum atomic E-state index is -1.17. The van der Waals surface area contributed by atoms with Crippen molar-refractivity contribution in [1.29, 1.82) is 0 Å². The Balaban J connectivity index is 1.95. The molecule has 3 rings (SSSR count). The molecule has 1 saturated heterocycles. The topological polar surface area (TPSA) is 126 Å². The zero-order chi connectivity index (χ0) is 15.7. The number of rotatable bonds is 5. The number of ether oxygens (including phenoxy) is 1. The van der Waals surface area contributed by atoms with Crippen LogP contribution in [0.4, 0.5) is 5.82 Å². The van der Waals surface area contributed by atoms with Crippen molar-refractivity contribution in [3.63, 3.8) is 0 Å². The van der Waals surface area contributed by atoms with Gasteiger partial charge in [0.2, 0.25) is 0 Å². The number of fused-ring (bicyclic) bond motifs is 1. The molecule has 3 heterocycles. The fraction of sp³-hybridized carbons (Fsp3) is 0.615. The van der Waals surface area contributed by atoms with Crippen LogP contribution in [0.2, 0.25) is 0 Å². The van der Waals surface area contributed by atoms with Crippen LogP contribution in [-0.4, -0.2) is 66.3 Å². The van der Waals surface area contributed by atoms with Gasteiger partial charge >= 0.3 is 0 Å². The predicted octanol–water partition coefficient (Wildman–Crippen LogP) is -0.740. The minimum Gasteiger partial charge on any atom is -0.394 e. The summed E-state index contributed by atoms with van der Waals surface area (Å²) in [6, 6.07) is 0. The number of nitrogens with zero attached hydrogens (tertiary/aromatic N) is 4. The summed E-state index contributed by atoms with van der Waals surface area (Å²) in [5, 5.41) is 32.3. The van der Waals surface area contributed by atoms with Gasteiger partial charge in [-0.05, 0) is 6.42 Å². The number of hydrogen-bond acceptors (Lipinski definition) is 8. The fourth-order valence-corrected chi connectivity index (χ4v) is 2.52. The number of hydrogen-bond donors (Lipinski definition) is 4. The van der Waals surface area contributed by atoms with Gasteiger partial charge < -0.3 is 25.4 Å². The Kier molecular flexibility index (Phi) is 4.21. The van der Waals surface area contributed by atoms with E-state index in [0.29, 0.717) is 17.0 Å². The molecule has 4 N–H and O–H groups in total. The van der Waals surface area contributed by atoms with Gasteiger partial charge in [0.15, 0.2) is 23.2 Å². The Hall–Kier alpha value is -1.81. The Morgan fingerprint density at radius 2 is 2.09 bits per heavy atom. The monoisotopic (exact) mass is 309 g/mol. The van der Waals surface area contributed by atoms with E-state index in [1.165, 1.54) is 17.2 Å². The highest BCUT2D eigenvalue weighted by atomic mass is 16.6. The van der Waals surface area contributed by atoms with Crippen molar-refractivity contribution >= 4 is 17.0 Å². The van der Waals surface area contributed by atoms with Crippen molar-refractivity contribution in [2.45, 2.75) is 37.9 Å². The predicted molar refractivity (Wildman–Crippen MR) is 77.1 cm³/mol. The quantitative estimate of drug-likeness (QED) is 0.569. The Labute approximate surface area is 126 Å². The smallest absolute Gasteiger partial charge is 0.167 e. The molecule has 0 aromatic carbocycles. The van der Waals surface area contributed by atoms with Crippen LogP contribution in [0.25, 0.3) is 11.2 Å². The average molecular weight is 309 g/mol. The largest absolute Gasteiger partial charge is 0.394 e. The van der Waals surface area contributed by atoms with E-state index in [9.17, 15) is 10.2 Å². The van der Waals surface area contributed by atoms with Crippen LogP contribution in [0.5, 0.6) is 0 Å². The van der Waals surface area contributed by atoms with E-state index in [2.05, 4.69) is 20.3 Å². The number of imidazole rings is 1. The second kappa shape index (κ2) is 6.13. The lowest BCUT2D eigenvalue weighted by atomic mass is 10.1. The molecular formula is C13H19N5O4. The first-order valence-corrected chi connectivity index (χ1v) is 7.21. The van der Waals surface area contributed by atoms with Gasteiger partial charge in [0.05, 0.1) is 12.9 Å². The number of aliphatic hydroxyl groups is 3. The van der Waals surface area contributed by atoms with Gasteiger partial charge in [0.25, 0.3) is 0 Å². The molecule has 9 heteroatoms. The highest BCUT2D eigenvalue weighted by molar-refractivity contribution is 5.82. The SMILES string of the molecule is CCCNc1ncnc2c1ncn2[C@@H]1O[C@H](CO)[C@@H](O)[C@@H]1O. The van der Waals surface area contributed by atoms with Gasteiger partial charge in [-0.1, -0.05) is 6.92 Å². The molecule has 0 unspecified atom stereocenters. The molecule has 1 fully saturated rings. The third-order valence-corrected chi connectivity index (χ3v) is 3.69. The van der Waals surface area contributed by atoms with Gasteiger partial charge in [-0.25, -0.2) is 15.0 Å². The van der Waals surface area contributed by atoms with Crippen molar-refractivity contribution in [1.82, 2.24) is 19.5 Å². The zero-order valence-corrected chi connectivity index (χ0v) is 12.1. The van der Waals surface area contributed by atoms with Gasteiger partial charge in [-0.15, -0.1) is 0 Å². The second-order valence-electron chi connectivity index (χ2n) is 5.20. The van der Waals surface area contributed by atoms with Crippen LogP contribution in [0.15, 0.2) is 12.7 Å². The molecule has 22 heavy (non-hydrogen) atoms. The summed E-state index contributed by atoms with van der Waals surface area (Å²) in [7, 11) is 0. The summed E-state index contributed by atoms with van der Waals surface area (Å²) >= 11 is 0. The molecule has 1 aliphatic heterocycles. The lowest BCUT2D eigenvalue weighted by Gasteiger charge is -2.16. The van der Waals surface area contributed by atoms with Crippen LogP contribution in [0.1, 0.15) is 19.6 Å². The molecule has 4 atom stereocenters. The molecule has 0 bridgehead atoms. The molecule has 0 spiro atoms. The summed E-state index contributed by atoms with van der Waals surface area (Å²) in [5.74, 6) is 0.609. The Morgan fingerprint density at radius 3 is 2.77 bits per heavy atom. The summed E-state index contributed by atoms with van der Waals surface area (Å²) in [5.41, 5.74) is 1.05. The van der Waals surface area contributed by atoms with E-state index < -0.39 is 24.5 Å². The molecule has 0 radical (unpaired) electrons. The fourth-order valence-electron chi connectivity index (χ4n) is 2.52. The summed E-state index contributed by atoms with van der Waals surface area (Å²) in [6.45, 7) is 2.43. The standard InChI is InChI=1S/C13H19N5O4/c1-2-3-14-11-8-12(16-5-15-11)18(6-17-8)13-10(21)9(20)7(4-19)22-13/h5-7,9-10,13,19-21H,2-4H2,1H3,(H,14,15,16)/t7-,9-,10+,13-/m1/s1. The second-order valence-corrected chi connectivity index (χ2v) is 5.20. The van der Waals surface area contributed by atoms with Gasteiger partial charge in [-0.2, -0.15) is 0 Å². The van der Waals surface area contributed by atoms with E-state index in [-0.39, 0.29) is 6.61 Å². The maximum Gasteiger partial charge on any atom is 0.167 e. The first-order chi connectivity index (χ1) is 10.7. The van der Waals surface area contributed by atoms with E-state index >= 15 is 0 Å². The van der Waals surface area contributed by atoms with Crippen LogP contribution in [-0.2, 0) is 4.74 Å². The van der Waals surface area contributed by atoms with E-state index in [4.69, 9.17) is 9.84 Å². The number of nitrogens with one attached hydrogen (secondary N) is 1. The Morgan fingerprint density at radius 1 is 1.27 bits per heavy atom. The molecule has 0 aliphatic carbocycles. The molecule has 0 saturated carbocycles. The lowest BCUT2D eigenvalue weighted by Crippen LogP contribution is -2.33. The zero-order valence-electron chi connectivity index (χ0n) is 12.1. The first-order valence-electron chi connectivity index (χ1n) is 7.21. The van der Waals surface area contributed by atoms with Gasteiger partial charge in [0, 0.05) is 6.54 Å². The maximum atomic E-state index is 10.1. The number of aliphatic hydroxyl groups excluding tert-OH is 3. The van der Waals surface area contributed by atoms with Crippen molar-refractivity contribution in [2.75, 3.05) is 18.5 Å². The van der Waals surface area contributed by atoms with Crippen LogP contribution < -0.4 is 5.32 Å². The summed E-state index contributed by atoms with van der Waals surface area (Å²) in [6.07, 6.45) is -0.191. The Bertz CT molecular complexity index is 648. The molecular weight excluding hydrogens is 290 g/mol.